The second-order valence-corrected chi connectivity index (χ2v) is 7.46. The average molecular weight is 424 g/mol. The molecule has 0 atom stereocenters. The van der Waals surface area contributed by atoms with E-state index in [1.165, 1.54) is 11.2 Å². The molecule has 1 fully saturated rings. The van der Waals surface area contributed by atoms with E-state index in [4.69, 9.17) is 32.7 Å². The number of anilines is 1. The van der Waals surface area contributed by atoms with Crippen LogP contribution in [0.5, 0.6) is 0 Å². The van der Waals surface area contributed by atoms with Gasteiger partial charge in [-0.1, -0.05) is 29.3 Å². The highest BCUT2D eigenvalue weighted by Crippen LogP contribution is 2.37. The van der Waals surface area contributed by atoms with Crippen LogP contribution in [0.25, 0.3) is 0 Å². The minimum atomic E-state index is -0.516. The Kier molecular flexibility index (Phi) is 5.53. The number of aliphatic hydroxyl groups is 1. The lowest BCUT2D eigenvalue weighted by atomic mass is 9.87. The summed E-state index contributed by atoms with van der Waals surface area (Å²) in [6.07, 6.45) is 3.42. The number of carbonyl (C=O) groups excluding carboxylic acids is 1. The van der Waals surface area contributed by atoms with Crippen LogP contribution in [0.15, 0.2) is 24.5 Å². The summed E-state index contributed by atoms with van der Waals surface area (Å²) in [4.78, 5) is 22.2. The molecule has 0 saturated carbocycles. The number of aryl methyl sites for hydroxylation is 1. The molecular formula is C19H19Cl2N3O4. The Labute approximate surface area is 172 Å². The van der Waals surface area contributed by atoms with Crippen molar-refractivity contribution >= 4 is 34.8 Å². The Bertz CT molecular complexity index is 882. The lowest BCUT2D eigenvalue weighted by molar-refractivity contribution is -0.163. The summed E-state index contributed by atoms with van der Waals surface area (Å²) >= 11 is 12.1. The van der Waals surface area contributed by atoms with E-state index in [0.717, 1.165) is 24.0 Å². The Balaban J connectivity index is 1.65. The third-order valence-electron chi connectivity index (χ3n) is 5.09. The molecule has 2 heterocycles. The van der Waals surface area contributed by atoms with Crippen LogP contribution >= 0.6 is 23.2 Å². The van der Waals surface area contributed by atoms with E-state index in [0.29, 0.717) is 25.3 Å². The number of nitrogens with zero attached hydrogens (tertiary/aromatic N) is 3. The van der Waals surface area contributed by atoms with Gasteiger partial charge in [0, 0.05) is 25.1 Å². The summed E-state index contributed by atoms with van der Waals surface area (Å²) in [7, 11) is 0. The predicted octanol–water partition coefficient (Wildman–Crippen LogP) is 2.65. The van der Waals surface area contributed by atoms with Crippen molar-refractivity contribution in [3.8, 4) is 0 Å². The molecule has 1 N–H and O–H groups in total. The van der Waals surface area contributed by atoms with Crippen LogP contribution in [-0.4, -0.2) is 53.1 Å². The maximum Gasteiger partial charge on any atom is 0.264 e. The Morgan fingerprint density at radius 3 is 2.57 bits per heavy atom. The monoisotopic (exact) mass is 423 g/mol. The predicted molar refractivity (Wildman–Crippen MR) is 104 cm³/mol. The summed E-state index contributed by atoms with van der Waals surface area (Å²) in [6, 6.07) is 5.77. The number of aliphatic hydroxyl groups excluding tert-OH is 1. The number of hydrogen-bond acceptors (Lipinski definition) is 6. The van der Waals surface area contributed by atoms with E-state index >= 15 is 0 Å². The van der Waals surface area contributed by atoms with Crippen molar-refractivity contribution in [2.75, 3.05) is 31.3 Å². The smallest absolute Gasteiger partial charge is 0.264 e. The molecule has 0 bridgehead atoms. The van der Waals surface area contributed by atoms with Gasteiger partial charge in [-0.05, 0) is 29.7 Å². The summed E-state index contributed by atoms with van der Waals surface area (Å²) in [6.45, 7) is 1.12. The van der Waals surface area contributed by atoms with Crippen LogP contribution in [0.4, 0.5) is 5.69 Å². The summed E-state index contributed by atoms with van der Waals surface area (Å²) < 4.78 is 11.6. The molecule has 2 aliphatic rings. The third-order valence-corrected chi connectivity index (χ3v) is 5.66. The van der Waals surface area contributed by atoms with Gasteiger partial charge in [-0.25, -0.2) is 9.97 Å². The largest absolute Gasteiger partial charge is 0.395 e. The molecule has 0 radical (unpaired) electrons. The van der Waals surface area contributed by atoms with E-state index in [1.54, 1.807) is 0 Å². The number of benzene rings is 1. The third kappa shape index (κ3) is 3.60. The van der Waals surface area contributed by atoms with Gasteiger partial charge in [-0.3, -0.25) is 4.79 Å². The highest BCUT2D eigenvalue weighted by atomic mass is 35.5. The van der Waals surface area contributed by atoms with Crippen molar-refractivity contribution in [1.29, 1.82) is 0 Å². The molecule has 28 heavy (non-hydrogen) atoms. The number of hydrogen-bond donors (Lipinski definition) is 1. The van der Waals surface area contributed by atoms with Crippen molar-refractivity contribution < 1.29 is 19.4 Å². The van der Waals surface area contributed by atoms with Crippen molar-refractivity contribution in [3.63, 3.8) is 0 Å². The molecular weight excluding hydrogens is 405 g/mol. The van der Waals surface area contributed by atoms with E-state index in [9.17, 15) is 9.90 Å². The van der Waals surface area contributed by atoms with Gasteiger partial charge in [0.05, 0.1) is 19.8 Å². The number of aromatic nitrogens is 2. The quantitative estimate of drug-likeness (QED) is 0.760. The number of halogens is 2. The van der Waals surface area contributed by atoms with Gasteiger partial charge in [0.1, 0.15) is 22.2 Å². The summed E-state index contributed by atoms with van der Waals surface area (Å²) in [5.41, 5.74) is 2.92. The minimum absolute atomic E-state index is 0.0173. The van der Waals surface area contributed by atoms with Gasteiger partial charge in [0.2, 0.25) is 0 Å². The minimum Gasteiger partial charge on any atom is -0.395 e. The summed E-state index contributed by atoms with van der Waals surface area (Å²) in [5, 5.41) is 9.44. The van der Waals surface area contributed by atoms with E-state index < -0.39 is 11.7 Å². The van der Waals surface area contributed by atoms with Crippen LogP contribution in [0.3, 0.4) is 0 Å². The number of amides is 1. The van der Waals surface area contributed by atoms with Gasteiger partial charge in [-0.15, -0.1) is 0 Å². The Hall–Kier alpha value is -1.77. The first kappa shape index (κ1) is 19.5. The first-order valence-corrected chi connectivity index (χ1v) is 9.77. The topological polar surface area (TPSA) is 84.8 Å². The normalized spacial score (nSPS) is 17.5. The lowest BCUT2D eigenvalue weighted by Crippen LogP contribution is -2.37. The highest BCUT2D eigenvalue weighted by molar-refractivity contribution is 6.39. The number of rotatable bonds is 4. The number of ether oxygens (including phenoxy) is 2. The molecule has 1 saturated heterocycles. The Morgan fingerprint density at radius 1 is 1.18 bits per heavy atom. The SMILES string of the molecule is O=C(c1c(Cl)ncnc1Cl)N(CCO)c1ccc2c(c1)CCC1(C2)OCCO1. The molecule has 148 valence electrons. The Morgan fingerprint density at radius 2 is 1.89 bits per heavy atom. The van der Waals surface area contributed by atoms with Crippen molar-refractivity contribution in [1.82, 2.24) is 9.97 Å². The number of carbonyl (C=O) groups is 1. The van der Waals surface area contributed by atoms with Crippen LogP contribution in [0, 0.1) is 0 Å². The molecule has 1 spiro atoms. The van der Waals surface area contributed by atoms with Crippen molar-refractivity contribution in [2.45, 2.75) is 25.0 Å². The van der Waals surface area contributed by atoms with Gasteiger partial charge >= 0.3 is 0 Å². The van der Waals surface area contributed by atoms with Gasteiger partial charge in [0.15, 0.2) is 5.79 Å². The van der Waals surface area contributed by atoms with E-state index in [2.05, 4.69) is 9.97 Å². The molecule has 4 rings (SSSR count). The van der Waals surface area contributed by atoms with Crippen LogP contribution < -0.4 is 4.90 Å². The molecule has 1 aromatic heterocycles. The molecule has 1 amide bonds. The average Bonchev–Trinajstić information content (AvgIpc) is 3.13. The molecule has 9 heteroatoms. The van der Waals surface area contributed by atoms with Crippen LogP contribution in [0.1, 0.15) is 27.9 Å². The molecule has 0 unspecified atom stereocenters. The van der Waals surface area contributed by atoms with Gasteiger partial charge < -0.3 is 19.5 Å². The maximum atomic E-state index is 13.1. The van der Waals surface area contributed by atoms with Gasteiger partial charge in [0.25, 0.3) is 5.91 Å². The molecule has 1 aromatic carbocycles. The maximum absolute atomic E-state index is 13.1. The first-order valence-electron chi connectivity index (χ1n) is 9.01. The zero-order valence-electron chi connectivity index (χ0n) is 15.0. The van der Waals surface area contributed by atoms with Crippen LogP contribution in [-0.2, 0) is 22.3 Å². The zero-order valence-corrected chi connectivity index (χ0v) is 16.5. The second kappa shape index (κ2) is 7.93. The standard InChI is InChI=1S/C19H19Cl2N3O4/c20-16-15(17(21)23-11-22-16)18(26)24(5-6-25)14-2-1-13-10-19(27-7-8-28-19)4-3-12(13)9-14/h1-2,9,11,25H,3-8,10H2. The fourth-order valence-corrected chi connectivity index (χ4v) is 4.21. The molecule has 7 nitrogen and oxygen atoms in total. The van der Waals surface area contributed by atoms with Crippen LogP contribution in [0.2, 0.25) is 10.3 Å². The highest BCUT2D eigenvalue weighted by Gasteiger charge is 2.40. The van der Waals surface area contributed by atoms with Gasteiger partial charge in [-0.2, -0.15) is 0 Å². The molecule has 2 aromatic rings. The fraction of sp³-hybridized carbons (Fsp3) is 0.421. The first-order chi connectivity index (χ1) is 13.5. The number of fused-ring (bicyclic) bond motifs is 1. The lowest BCUT2D eigenvalue weighted by Gasteiger charge is -2.33. The van der Waals surface area contributed by atoms with E-state index in [1.807, 2.05) is 18.2 Å². The molecule has 1 aliphatic carbocycles. The molecule has 1 aliphatic heterocycles. The summed E-state index contributed by atoms with van der Waals surface area (Å²) in [5.74, 6) is -0.975. The fourth-order valence-electron chi connectivity index (χ4n) is 3.74. The zero-order chi connectivity index (χ0) is 19.7. The van der Waals surface area contributed by atoms with Crippen molar-refractivity contribution in [3.05, 3.63) is 51.5 Å². The second-order valence-electron chi connectivity index (χ2n) is 6.75. The van der Waals surface area contributed by atoms with E-state index in [-0.39, 0.29) is 29.0 Å². The van der Waals surface area contributed by atoms with Crippen molar-refractivity contribution in [2.24, 2.45) is 0 Å².